The zero-order chi connectivity index (χ0) is 9.97. The lowest BCUT2D eigenvalue weighted by molar-refractivity contribution is -0.121. The second-order valence-corrected chi connectivity index (χ2v) is 3.52. The summed E-state index contributed by atoms with van der Waals surface area (Å²) in [7, 11) is 0. The second kappa shape index (κ2) is 3.66. The summed E-state index contributed by atoms with van der Waals surface area (Å²) in [6.07, 6.45) is 3.14. The molecule has 1 aliphatic heterocycles. The van der Waals surface area contributed by atoms with Crippen molar-refractivity contribution in [3.63, 3.8) is 0 Å². The maximum atomic E-state index is 11.4. The molecule has 2 heteroatoms. The summed E-state index contributed by atoms with van der Waals surface area (Å²) in [4.78, 5) is 11.4. The van der Waals surface area contributed by atoms with Crippen LogP contribution in [0.5, 0.6) is 0 Å². The molecule has 0 bridgehead atoms. The fourth-order valence-corrected chi connectivity index (χ4v) is 1.88. The number of carbonyl (C=O) groups is 1. The standard InChI is InChI=1S/C12H13NO/c1-2-5-11-10-7-4-3-6-9(10)8-12(14)13-11/h2-4,6-7,11H,1,5,8H2,(H,13,14). The third-order valence-electron chi connectivity index (χ3n) is 2.52. The van der Waals surface area contributed by atoms with Gasteiger partial charge < -0.3 is 5.32 Å². The van der Waals surface area contributed by atoms with Gasteiger partial charge in [-0.2, -0.15) is 0 Å². The van der Waals surface area contributed by atoms with Crippen LogP contribution in [0.25, 0.3) is 0 Å². The van der Waals surface area contributed by atoms with E-state index in [0.29, 0.717) is 6.42 Å². The van der Waals surface area contributed by atoms with Gasteiger partial charge in [0, 0.05) is 0 Å². The molecule has 1 unspecified atom stereocenters. The van der Waals surface area contributed by atoms with E-state index in [4.69, 9.17) is 0 Å². The van der Waals surface area contributed by atoms with Crippen LogP contribution in [-0.4, -0.2) is 5.91 Å². The van der Waals surface area contributed by atoms with E-state index in [0.717, 1.165) is 12.0 Å². The van der Waals surface area contributed by atoms with Gasteiger partial charge in [-0.15, -0.1) is 6.58 Å². The Balaban J connectivity index is 2.37. The molecule has 0 radical (unpaired) electrons. The molecule has 0 saturated heterocycles. The van der Waals surface area contributed by atoms with E-state index in [9.17, 15) is 4.79 Å². The van der Waals surface area contributed by atoms with Gasteiger partial charge in [0.2, 0.25) is 5.91 Å². The Kier molecular flexibility index (Phi) is 2.35. The molecule has 14 heavy (non-hydrogen) atoms. The minimum atomic E-state index is 0.107. The van der Waals surface area contributed by atoms with Crippen LogP contribution in [0.1, 0.15) is 23.6 Å². The molecule has 1 aromatic rings. The number of rotatable bonds is 2. The van der Waals surface area contributed by atoms with Gasteiger partial charge in [-0.1, -0.05) is 30.3 Å². The number of carbonyl (C=O) groups excluding carboxylic acids is 1. The highest BCUT2D eigenvalue weighted by Gasteiger charge is 2.22. The first-order valence-corrected chi connectivity index (χ1v) is 4.79. The minimum absolute atomic E-state index is 0.107. The molecule has 72 valence electrons. The van der Waals surface area contributed by atoms with E-state index in [2.05, 4.69) is 18.0 Å². The molecule has 1 aromatic carbocycles. The summed E-state index contributed by atoms with van der Waals surface area (Å²) in [5, 5.41) is 2.96. The van der Waals surface area contributed by atoms with Crippen LogP contribution in [0, 0.1) is 0 Å². The maximum Gasteiger partial charge on any atom is 0.224 e. The molecule has 2 nitrogen and oxygen atoms in total. The predicted octanol–water partition coefficient (Wildman–Crippen LogP) is 1.98. The Hall–Kier alpha value is -1.57. The van der Waals surface area contributed by atoms with E-state index >= 15 is 0 Å². The van der Waals surface area contributed by atoms with Gasteiger partial charge in [-0.05, 0) is 17.5 Å². The van der Waals surface area contributed by atoms with Crippen molar-refractivity contribution >= 4 is 5.91 Å². The Labute approximate surface area is 83.6 Å². The van der Waals surface area contributed by atoms with Crippen LogP contribution in [-0.2, 0) is 11.2 Å². The number of fused-ring (bicyclic) bond motifs is 1. The number of benzene rings is 1. The molecule has 1 atom stereocenters. The monoisotopic (exact) mass is 187 g/mol. The van der Waals surface area contributed by atoms with Crippen molar-refractivity contribution in [2.24, 2.45) is 0 Å². The summed E-state index contributed by atoms with van der Waals surface area (Å²) >= 11 is 0. The molecule has 1 heterocycles. The van der Waals surface area contributed by atoms with Crippen LogP contribution in [0.4, 0.5) is 0 Å². The van der Waals surface area contributed by atoms with Crippen LogP contribution in [0.2, 0.25) is 0 Å². The Morgan fingerprint density at radius 3 is 3.07 bits per heavy atom. The highest BCUT2D eigenvalue weighted by molar-refractivity contribution is 5.81. The highest BCUT2D eigenvalue weighted by Crippen LogP contribution is 2.25. The topological polar surface area (TPSA) is 29.1 Å². The Bertz CT molecular complexity index is 370. The fraction of sp³-hybridized carbons (Fsp3) is 0.250. The first-order valence-electron chi connectivity index (χ1n) is 4.79. The van der Waals surface area contributed by atoms with Gasteiger partial charge in [-0.3, -0.25) is 4.79 Å². The number of hydrogen-bond acceptors (Lipinski definition) is 1. The molecule has 0 aliphatic carbocycles. The lowest BCUT2D eigenvalue weighted by Gasteiger charge is -2.25. The Morgan fingerprint density at radius 1 is 1.50 bits per heavy atom. The van der Waals surface area contributed by atoms with Gasteiger partial charge in [-0.25, -0.2) is 0 Å². The first kappa shape index (κ1) is 9.00. The van der Waals surface area contributed by atoms with Crippen molar-refractivity contribution in [3.8, 4) is 0 Å². The third-order valence-corrected chi connectivity index (χ3v) is 2.52. The maximum absolute atomic E-state index is 11.4. The van der Waals surface area contributed by atoms with Crippen molar-refractivity contribution in [3.05, 3.63) is 48.0 Å². The van der Waals surface area contributed by atoms with Crippen LogP contribution in [0.3, 0.4) is 0 Å². The van der Waals surface area contributed by atoms with Crippen LogP contribution < -0.4 is 5.32 Å². The molecular weight excluding hydrogens is 174 g/mol. The molecular formula is C12H13NO. The smallest absolute Gasteiger partial charge is 0.224 e. The van der Waals surface area contributed by atoms with Crippen molar-refractivity contribution in [2.75, 3.05) is 0 Å². The molecule has 1 aliphatic rings. The summed E-state index contributed by atoms with van der Waals surface area (Å²) in [6, 6.07) is 8.19. The van der Waals surface area contributed by atoms with E-state index in [1.54, 1.807) is 0 Å². The number of hydrogen-bond donors (Lipinski definition) is 1. The molecule has 0 spiro atoms. The molecule has 0 saturated carbocycles. The number of nitrogens with one attached hydrogen (secondary N) is 1. The lowest BCUT2D eigenvalue weighted by atomic mass is 9.92. The van der Waals surface area contributed by atoms with E-state index in [1.165, 1.54) is 5.56 Å². The van der Waals surface area contributed by atoms with Crippen molar-refractivity contribution < 1.29 is 4.79 Å². The zero-order valence-corrected chi connectivity index (χ0v) is 7.99. The largest absolute Gasteiger partial charge is 0.349 e. The summed E-state index contributed by atoms with van der Waals surface area (Å²) in [6.45, 7) is 3.70. The second-order valence-electron chi connectivity index (χ2n) is 3.52. The van der Waals surface area contributed by atoms with Gasteiger partial charge in [0.05, 0.1) is 12.5 Å². The molecule has 2 rings (SSSR count). The van der Waals surface area contributed by atoms with E-state index < -0.39 is 0 Å². The van der Waals surface area contributed by atoms with Crippen molar-refractivity contribution in [2.45, 2.75) is 18.9 Å². The molecule has 0 fully saturated rings. The minimum Gasteiger partial charge on any atom is -0.349 e. The third kappa shape index (κ3) is 1.55. The van der Waals surface area contributed by atoms with Crippen LogP contribution in [0.15, 0.2) is 36.9 Å². The molecule has 1 N–H and O–H groups in total. The molecule has 0 aromatic heterocycles. The fourth-order valence-electron chi connectivity index (χ4n) is 1.88. The van der Waals surface area contributed by atoms with Crippen LogP contribution >= 0.6 is 0 Å². The normalized spacial score (nSPS) is 19.7. The highest BCUT2D eigenvalue weighted by atomic mass is 16.1. The van der Waals surface area contributed by atoms with E-state index in [1.807, 2.05) is 24.3 Å². The average Bonchev–Trinajstić information content (AvgIpc) is 2.18. The lowest BCUT2D eigenvalue weighted by Crippen LogP contribution is -2.34. The first-order chi connectivity index (χ1) is 6.81. The predicted molar refractivity (Wildman–Crippen MR) is 55.8 cm³/mol. The quantitative estimate of drug-likeness (QED) is 0.705. The zero-order valence-electron chi connectivity index (χ0n) is 7.99. The van der Waals surface area contributed by atoms with Gasteiger partial charge >= 0.3 is 0 Å². The molecule has 1 amide bonds. The summed E-state index contributed by atoms with van der Waals surface area (Å²) < 4.78 is 0. The number of amides is 1. The van der Waals surface area contributed by atoms with Crippen molar-refractivity contribution in [1.82, 2.24) is 5.32 Å². The Morgan fingerprint density at radius 2 is 2.29 bits per heavy atom. The summed E-state index contributed by atoms with van der Waals surface area (Å²) in [5.41, 5.74) is 2.37. The van der Waals surface area contributed by atoms with Gasteiger partial charge in [0.25, 0.3) is 0 Å². The summed E-state index contributed by atoms with van der Waals surface area (Å²) in [5.74, 6) is 0.107. The van der Waals surface area contributed by atoms with Crippen molar-refractivity contribution in [1.29, 1.82) is 0 Å². The van der Waals surface area contributed by atoms with E-state index in [-0.39, 0.29) is 11.9 Å². The average molecular weight is 187 g/mol. The SMILES string of the molecule is C=CCC1NC(=O)Cc2ccccc21. The van der Waals surface area contributed by atoms with Gasteiger partial charge in [0.1, 0.15) is 0 Å². The van der Waals surface area contributed by atoms with Gasteiger partial charge in [0.15, 0.2) is 0 Å².